The van der Waals surface area contributed by atoms with Crippen molar-refractivity contribution in [3.8, 4) is 11.5 Å². The number of nitrogens with two attached hydrogens (primary N) is 1. The van der Waals surface area contributed by atoms with Crippen molar-refractivity contribution in [1.82, 2.24) is 5.32 Å². The molecule has 1 aromatic carbocycles. The number of amides is 1. The number of para-hydroxylation sites is 1. The molecule has 1 fully saturated rings. The standard InChI is InChI=1S/C14H16N2O3S/c15-13(20)11(8-4-5-8)16-14(17)9-2-1-3-10-12(9)19-7-6-18-10/h1-3,8,11H,4-7H2,(H2,15,20)(H,16,17). The third-order valence-corrected chi connectivity index (χ3v) is 3.75. The molecular formula is C14H16N2O3S. The van der Waals surface area contributed by atoms with Gasteiger partial charge in [0.2, 0.25) is 0 Å². The number of carbonyl (C=O) groups excluding carboxylic acids is 1. The number of thiocarbonyl (C=S) groups is 1. The maximum absolute atomic E-state index is 12.4. The molecule has 1 saturated carbocycles. The Hall–Kier alpha value is -1.82. The Balaban J connectivity index is 1.81. The fourth-order valence-corrected chi connectivity index (χ4v) is 2.57. The van der Waals surface area contributed by atoms with Crippen molar-refractivity contribution >= 4 is 23.1 Å². The molecule has 0 bridgehead atoms. The smallest absolute Gasteiger partial charge is 0.255 e. The number of nitrogens with one attached hydrogen (secondary N) is 1. The van der Waals surface area contributed by atoms with E-state index in [1.54, 1.807) is 18.2 Å². The first-order valence-corrected chi connectivity index (χ1v) is 7.06. The van der Waals surface area contributed by atoms with Crippen LogP contribution < -0.4 is 20.5 Å². The van der Waals surface area contributed by atoms with Gasteiger partial charge in [0.25, 0.3) is 5.91 Å². The van der Waals surface area contributed by atoms with Crippen LogP contribution in [0.4, 0.5) is 0 Å². The van der Waals surface area contributed by atoms with Gasteiger partial charge in [0.15, 0.2) is 11.5 Å². The molecule has 106 valence electrons. The molecule has 1 aliphatic heterocycles. The second-order valence-corrected chi connectivity index (χ2v) is 5.49. The van der Waals surface area contributed by atoms with Gasteiger partial charge in [-0.25, -0.2) is 0 Å². The van der Waals surface area contributed by atoms with Crippen LogP contribution in [0.1, 0.15) is 23.2 Å². The second-order valence-electron chi connectivity index (χ2n) is 5.02. The average molecular weight is 292 g/mol. The maximum Gasteiger partial charge on any atom is 0.255 e. The first-order chi connectivity index (χ1) is 9.66. The van der Waals surface area contributed by atoms with E-state index in [-0.39, 0.29) is 11.9 Å². The van der Waals surface area contributed by atoms with Crippen LogP contribution in [0.2, 0.25) is 0 Å². The molecule has 5 nitrogen and oxygen atoms in total. The lowest BCUT2D eigenvalue weighted by Gasteiger charge is -2.22. The summed E-state index contributed by atoms with van der Waals surface area (Å²) in [5.74, 6) is 1.24. The minimum Gasteiger partial charge on any atom is -0.486 e. The Bertz CT molecular complexity index is 557. The molecule has 1 amide bonds. The van der Waals surface area contributed by atoms with Gasteiger partial charge in [-0.3, -0.25) is 4.79 Å². The zero-order valence-electron chi connectivity index (χ0n) is 10.9. The summed E-state index contributed by atoms with van der Waals surface area (Å²) in [5.41, 5.74) is 6.16. The number of benzene rings is 1. The first-order valence-electron chi connectivity index (χ1n) is 6.65. The minimum absolute atomic E-state index is 0.225. The van der Waals surface area contributed by atoms with Gasteiger partial charge < -0.3 is 20.5 Å². The molecule has 0 spiro atoms. The molecule has 2 aliphatic rings. The average Bonchev–Trinajstić information content (AvgIpc) is 3.28. The molecule has 0 saturated heterocycles. The zero-order chi connectivity index (χ0) is 14.1. The summed E-state index contributed by atoms with van der Waals surface area (Å²) in [6.07, 6.45) is 2.10. The van der Waals surface area contributed by atoms with E-state index in [0.29, 0.717) is 41.2 Å². The van der Waals surface area contributed by atoms with Crippen LogP contribution in [0, 0.1) is 5.92 Å². The molecule has 1 atom stereocenters. The third-order valence-electron chi connectivity index (χ3n) is 3.50. The molecule has 20 heavy (non-hydrogen) atoms. The Morgan fingerprint density at radius 3 is 2.80 bits per heavy atom. The highest BCUT2D eigenvalue weighted by molar-refractivity contribution is 7.80. The highest BCUT2D eigenvalue weighted by Crippen LogP contribution is 2.35. The molecule has 1 aromatic rings. The van der Waals surface area contributed by atoms with E-state index < -0.39 is 0 Å². The maximum atomic E-state index is 12.4. The lowest BCUT2D eigenvalue weighted by molar-refractivity contribution is 0.0932. The molecule has 3 rings (SSSR count). The van der Waals surface area contributed by atoms with Crippen LogP contribution in [-0.4, -0.2) is 30.2 Å². The number of hydrogen-bond acceptors (Lipinski definition) is 4. The van der Waals surface area contributed by atoms with Crippen molar-refractivity contribution in [2.24, 2.45) is 11.7 Å². The van der Waals surface area contributed by atoms with Crippen LogP contribution in [-0.2, 0) is 0 Å². The number of fused-ring (bicyclic) bond motifs is 1. The first kappa shape index (κ1) is 13.2. The van der Waals surface area contributed by atoms with Crippen molar-refractivity contribution < 1.29 is 14.3 Å². The van der Waals surface area contributed by atoms with Gasteiger partial charge in [-0.2, -0.15) is 0 Å². The van der Waals surface area contributed by atoms with E-state index in [4.69, 9.17) is 27.4 Å². The van der Waals surface area contributed by atoms with Crippen molar-refractivity contribution in [3.63, 3.8) is 0 Å². The Morgan fingerprint density at radius 2 is 2.10 bits per heavy atom. The third kappa shape index (κ3) is 2.56. The van der Waals surface area contributed by atoms with Crippen LogP contribution in [0.3, 0.4) is 0 Å². The predicted molar refractivity (Wildman–Crippen MR) is 78.2 cm³/mol. The van der Waals surface area contributed by atoms with Gasteiger partial charge in [-0.15, -0.1) is 0 Å². The fourth-order valence-electron chi connectivity index (χ4n) is 2.32. The summed E-state index contributed by atoms with van der Waals surface area (Å²) in [6, 6.07) is 5.04. The molecule has 1 heterocycles. The van der Waals surface area contributed by atoms with Crippen LogP contribution in [0.15, 0.2) is 18.2 Å². The van der Waals surface area contributed by atoms with E-state index in [2.05, 4.69) is 5.32 Å². The van der Waals surface area contributed by atoms with Gasteiger partial charge in [-0.1, -0.05) is 18.3 Å². The van der Waals surface area contributed by atoms with Gasteiger partial charge in [0, 0.05) is 0 Å². The molecule has 1 unspecified atom stereocenters. The lowest BCUT2D eigenvalue weighted by Crippen LogP contribution is -2.45. The Morgan fingerprint density at radius 1 is 1.35 bits per heavy atom. The summed E-state index contributed by atoms with van der Waals surface area (Å²) in [6.45, 7) is 0.939. The number of carbonyl (C=O) groups is 1. The van der Waals surface area contributed by atoms with Crippen molar-refractivity contribution in [2.45, 2.75) is 18.9 Å². The van der Waals surface area contributed by atoms with Gasteiger partial charge in [-0.05, 0) is 30.9 Å². The van der Waals surface area contributed by atoms with Crippen molar-refractivity contribution in [1.29, 1.82) is 0 Å². The molecule has 3 N–H and O–H groups in total. The summed E-state index contributed by atoms with van der Waals surface area (Å²) >= 11 is 5.03. The Kier molecular flexibility index (Phi) is 3.48. The van der Waals surface area contributed by atoms with E-state index in [9.17, 15) is 4.79 Å². The zero-order valence-corrected chi connectivity index (χ0v) is 11.7. The van der Waals surface area contributed by atoms with E-state index >= 15 is 0 Å². The molecule has 0 aromatic heterocycles. The number of rotatable bonds is 4. The normalized spacial score (nSPS) is 18.2. The van der Waals surface area contributed by atoms with Crippen LogP contribution >= 0.6 is 12.2 Å². The summed E-state index contributed by atoms with van der Waals surface area (Å²) < 4.78 is 11.0. The topological polar surface area (TPSA) is 73.6 Å². The monoisotopic (exact) mass is 292 g/mol. The molecule has 0 radical (unpaired) electrons. The minimum atomic E-state index is -0.238. The van der Waals surface area contributed by atoms with E-state index in [1.807, 2.05) is 0 Å². The highest BCUT2D eigenvalue weighted by atomic mass is 32.1. The fraction of sp³-hybridized carbons (Fsp3) is 0.429. The van der Waals surface area contributed by atoms with E-state index in [0.717, 1.165) is 12.8 Å². The van der Waals surface area contributed by atoms with Gasteiger partial charge in [0.05, 0.1) is 16.6 Å². The summed E-state index contributed by atoms with van der Waals surface area (Å²) in [5, 5.41) is 2.90. The number of hydrogen-bond donors (Lipinski definition) is 2. The molecular weight excluding hydrogens is 276 g/mol. The van der Waals surface area contributed by atoms with E-state index in [1.165, 1.54) is 0 Å². The highest BCUT2D eigenvalue weighted by Gasteiger charge is 2.35. The largest absolute Gasteiger partial charge is 0.486 e. The molecule has 1 aliphatic carbocycles. The van der Waals surface area contributed by atoms with Crippen molar-refractivity contribution in [2.75, 3.05) is 13.2 Å². The second kappa shape index (κ2) is 5.28. The van der Waals surface area contributed by atoms with Gasteiger partial charge in [0.1, 0.15) is 13.2 Å². The summed E-state index contributed by atoms with van der Waals surface area (Å²) in [7, 11) is 0. The SMILES string of the molecule is NC(=S)C(NC(=O)c1cccc2c1OCCO2)C1CC1. The quantitative estimate of drug-likeness (QED) is 0.817. The predicted octanol–water partition coefficient (Wildman–Crippen LogP) is 1.25. The summed E-state index contributed by atoms with van der Waals surface area (Å²) in [4.78, 5) is 12.7. The van der Waals surface area contributed by atoms with Gasteiger partial charge >= 0.3 is 0 Å². The Labute approximate surface area is 122 Å². The van der Waals surface area contributed by atoms with Crippen molar-refractivity contribution in [3.05, 3.63) is 23.8 Å². The lowest BCUT2D eigenvalue weighted by atomic mass is 10.1. The van der Waals surface area contributed by atoms with Crippen LogP contribution in [0.5, 0.6) is 11.5 Å². The van der Waals surface area contributed by atoms with Crippen LogP contribution in [0.25, 0.3) is 0 Å². The number of ether oxygens (including phenoxy) is 2. The molecule has 6 heteroatoms.